The maximum absolute atomic E-state index is 4.31. The average Bonchev–Trinajstić information content (AvgIpc) is 2.71. The molecule has 0 aliphatic rings. The first-order valence-corrected chi connectivity index (χ1v) is 6.62. The van der Waals surface area contributed by atoms with Crippen LogP contribution in [0.4, 0.5) is 0 Å². The highest BCUT2D eigenvalue weighted by Gasteiger charge is 2.08. The van der Waals surface area contributed by atoms with E-state index in [1.807, 2.05) is 0 Å². The Hall–Kier alpha value is -1.41. The summed E-state index contributed by atoms with van der Waals surface area (Å²) in [4.78, 5) is 0. The van der Waals surface area contributed by atoms with Gasteiger partial charge in [0, 0.05) is 28.4 Å². The van der Waals surface area contributed by atoms with Crippen LogP contribution < -0.4 is 0 Å². The third-order valence-electron chi connectivity index (χ3n) is 3.22. The Bertz CT molecular complexity index is 601. The number of rotatable bonds is 3. The van der Waals surface area contributed by atoms with Gasteiger partial charge in [0.1, 0.15) is 0 Å². The van der Waals surface area contributed by atoms with Crippen molar-refractivity contribution in [2.75, 3.05) is 5.75 Å². The molecule has 0 saturated heterocycles. The second-order valence-electron chi connectivity index (χ2n) is 4.26. The molecule has 1 aromatic heterocycles. The van der Waals surface area contributed by atoms with Crippen LogP contribution in [0, 0.1) is 0 Å². The first-order valence-electron chi connectivity index (χ1n) is 5.98. The topological polar surface area (TPSA) is 4.93 Å². The van der Waals surface area contributed by atoms with Gasteiger partial charge in [-0.05, 0) is 24.3 Å². The Labute approximate surface area is 106 Å². The molecule has 2 aromatic carbocycles. The van der Waals surface area contributed by atoms with Crippen LogP contribution in [0.3, 0.4) is 0 Å². The van der Waals surface area contributed by atoms with E-state index in [0.717, 1.165) is 18.7 Å². The van der Waals surface area contributed by atoms with Gasteiger partial charge in [-0.1, -0.05) is 36.4 Å². The maximum Gasteiger partial charge on any atom is 0.0491 e. The van der Waals surface area contributed by atoms with Crippen molar-refractivity contribution in [3.05, 3.63) is 48.5 Å². The number of nitrogens with zero attached hydrogens (tertiary/aromatic N) is 1. The van der Waals surface area contributed by atoms with Gasteiger partial charge in [-0.25, -0.2) is 0 Å². The minimum atomic E-state index is 0.931. The third kappa shape index (κ3) is 1.73. The SMILES string of the molecule is SCCCn1c2ccccc2c2ccccc21. The molecule has 0 amide bonds. The van der Waals surface area contributed by atoms with Gasteiger partial charge >= 0.3 is 0 Å². The van der Waals surface area contributed by atoms with E-state index in [0.29, 0.717) is 0 Å². The minimum Gasteiger partial charge on any atom is -0.340 e. The predicted molar refractivity (Wildman–Crippen MR) is 77.9 cm³/mol. The highest BCUT2D eigenvalue weighted by atomic mass is 32.1. The highest BCUT2D eigenvalue weighted by molar-refractivity contribution is 7.80. The van der Waals surface area contributed by atoms with Crippen LogP contribution in [0.25, 0.3) is 21.8 Å². The lowest BCUT2D eigenvalue weighted by atomic mass is 10.2. The van der Waals surface area contributed by atoms with Crippen LogP contribution in [-0.4, -0.2) is 10.3 Å². The summed E-state index contributed by atoms with van der Waals surface area (Å²) in [5, 5.41) is 2.70. The van der Waals surface area contributed by atoms with Crippen molar-refractivity contribution in [3.63, 3.8) is 0 Å². The van der Waals surface area contributed by atoms with Crippen LogP contribution in [0.2, 0.25) is 0 Å². The van der Waals surface area contributed by atoms with Crippen molar-refractivity contribution < 1.29 is 0 Å². The summed E-state index contributed by atoms with van der Waals surface area (Å²) in [7, 11) is 0. The van der Waals surface area contributed by atoms with Crippen molar-refractivity contribution in [2.24, 2.45) is 0 Å². The number of aromatic nitrogens is 1. The lowest BCUT2D eigenvalue weighted by Crippen LogP contribution is -1.97. The standard InChI is InChI=1S/C15H15NS/c17-11-5-10-16-14-8-3-1-6-12(14)13-7-2-4-9-15(13)16/h1-4,6-9,17H,5,10-11H2. The summed E-state index contributed by atoms with van der Waals surface area (Å²) in [6, 6.07) is 17.2. The zero-order valence-corrected chi connectivity index (χ0v) is 10.5. The number of benzene rings is 2. The van der Waals surface area contributed by atoms with Gasteiger partial charge in [-0.2, -0.15) is 12.6 Å². The lowest BCUT2D eigenvalue weighted by molar-refractivity contribution is 0.731. The smallest absolute Gasteiger partial charge is 0.0491 e. The van der Waals surface area contributed by atoms with Crippen molar-refractivity contribution in [1.29, 1.82) is 0 Å². The second kappa shape index (κ2) is 4.46. The van der Waals surface area contributed by atoms with E-state index in [1.54, 1.807) is 0 Å². The fourth-order valence-electron chi connectivity index (χ4n) is 2.47. The Kier molecular flexibility index (Phi) is 2.81. The molecule has 1 nitrogen and oxygen atoms in total. The molecule has 0 unspecified atom stereocenters. The molecular weight excluding hydrogens is 226 g/mol. The molecule has 1 heterocycles. The minimum absolute atomic E-state index is 0.931. The third-order valence-corrected chi connectivity index (χ3v) is 3.54. The summed E-state index contributed by atoms with van der Waals surface area (Å²) in [5.41, 5.74) is 2.66. The molecule has 0 N–H and O–H groups in total. The van der Waals surface area contributed by atoms with Crippen LogP contribution in [-0.2, 0) is 6.54 Å². The molecule has 17 heavy (non-hydrogen) atoms. The van der Waals surface area contributed by atoms with Gasteiger partial charge in [0.05, 0.1) is 0 Å². The van der Waals surface area contributed by atoms with E-state index in [1.165, 1.54) is 21.8 Å². The first kappa shape index (κ1) is 10.7. The fourth-order valence-corrected chi connectivity index (χ4v) is 2.61. The normalized spacial score (nSPS) is 11.4. The van der Waals surface area contributed by atoms with Gasteiger partial charge in [0.2, 0.25) is 0 Å². The molecule has 0 fully saturated rings. The summed E-state index contributed by atoms with van der Waals surface area (Å²) in [6.07, 6.45) is 1.10. The van der Waals surface area contributed by atoms with Crippen molar-refractivity contribution in [2.45, 2.75) is 13.0 Å². The fraction of sp³-hybridized carbons (Fsp3) is 0.200. The summed E-state index contributed by atoms with van der Waals surface area (Å²) in [5.74, 6) is 0.931. The first-order chi connectivity index (χ1) is 8.42. The Morgan fingerprint density at radius 3 is 1.88 bits per heavy atom. The van der Waals surface area contributed by atoms with Crippen LogP contribution in [0.15, 0.2) is 48.5 Å². The monoisotopic (exact) mass is 241 g/mol. The Morgan fingerprint density at radius 1 is 0.824 bits per heavy atom. The van der Waals surface area contributed by atoms with Gasteiger partial charge < -0.3 is 4.57 Å². The number of fused-ring (bicyclic) bond motifs is 3. The molecular formula is C15H15NS. The molecule has 0 spiro atoms. The molecule has 0 bridgehead atoms. The number of thiol groups is 1. The number of aryl methyl sites for hydroxylation is 1. The van der Waals surface area contributed by atoms with Gasteiger partial charge in [0.25, 0.3) is 0 Å². The zero-order chi connectivity index (χ0) is 11.7. The molecule has 3 aromatic rings. The number of hydrogen-bond donors (Lipinski definition) is 1. The van der Waals surface area contributed by atoms with E-state index < -0.39 is 0 Å². The molecule has 0 radical (unpaired) electrons. The van der Waals surface area contributed by atoms with Crippen LogP contribution in [0.1, 0.15) is 6.42 Å². The maximum atomic E-state index is 4.31. The van der Waals surface area contributed by atoms with E-state index in [9.17, 15) is 0 Å². The molecule has 0 saturated carbocycles. The van der Waals surface area contributed by atoms with Crippen LogP contribution >= 0.6 is 12.6 Å². The lowest BCUT2D eigenvalue weighted by Gasteiger charge is -2.05. The quantitative estimate of drug-likeness (QED) is 0.658. The van der Waals surface area contributed by atoms with E-state index in [2.05, 4.69) is 65.7 Å². The van der Waals surface area contributed by atoms with E-state index in [-0.39, 0.29) is 0 Å². The van der Waals surface area contributed by atoms with E-state index in [4.69, 9.17) is 0 Å². The summed E-state index contributed by atoms with van der Waals surface area (Å²) < 4.78 is 2.40. The molecule has 0 atom stereocenters. The molecule has 3 rings (SSSR count). The predicted octanol–water partition coefficient (Wildman–Crippen LogP) is 4.11. The van der Waals surface area contributed by atoms with Gasteiger partial charge in [-0.3, -0.25) is 0 Å². The molecule has 86 valence electrons. The Balaban J connectivity index is 2.33. The molecule has 0 aliphatic heterocycles. The van der Waals surface area contributed by atoms with Crippen molar-refractivity contribution in [3.8, 4) is 0 Å². The number of hydrogen-bond acceptors (Lipinski definition) is 1. The molecule has 0 aliphatic carbocycles. The number of para-hydroxylation sites is 2. The molecule has 2 heteroatoms. The Morgan fingerprint density at radius 2 is 1.35 bits per heavy atom. The van der Waals surface area contributed by atoms with E-state index >= 15 is 0 Å². The van der Waals surface area contributed by atoms with Gasteiger partial charge in [0.15, 0.2) is 0 Å². The largest absolute Gasteiger partial charge is 0.340 e. The van der Waals surface area contributed by atoms with Gasteiger partial charge in [-0.15, -0.1) is 0 Å². The summed E-state index contributed by atoms with van der Waals surface area (Å²) >= 11 is 4.31. The summed E-state index contributed by atoms with van der Waals surface area (Å²) in [6.45, 7) is 1.04. The van der Waals surface area contributed by atoms with Crippen molar-refractivity contribution >= 4 is 34.4 Å². The van der Waals surface area contributed by atoms with Crippen LogP contribution in [0.5, 0.6) is 0 Å². The van der Waals surface area contributed by atoms with Crippen molar-refractivity contribution in [1.82, 2.24) is 4.57 Å². The highest BCUT2D eigenvalue weighted by Crippen LogP contribution is 2.28. The zero-order valence-electron chi connectivity index (χ0n) is 9.63. The second-order valence-corrected chi connectivity index (χ2v) is 4.71. The average molecular weight is 241 g/mol.